The molecule has 0 fully saturated rings. The fourth-order valence-electron chi connectivity index (χ4n) is 11.5. The molecule has 3 heterocycles. The summed E-state index contributed by atoms with van der Waals surface area (Å²) >= 11 is 0. The molecule has 2 nitrogen and oxygen atoms in total. The van der Waals surface area contributed by atoms with E-state index in [1.807, 2.05) is 0 Å². The van der Waals surface area contributed by atoms with Crippen LogP contribution in [0.25, 0.3) is 142 Å². The van der Waals surface area contributed by atoms with Crippen LogP contribution in [0.1, 0.15) is 0 Å². The maximum atomic E-state index is 2.55. The Kier molecular flexibility index (Phi) is 6.18. The lowest BCUT2D eigenvalue weighted by Crippen LogP contribution is -1.98. The Labute approximate surface area is 355 Å². The van der Waals surface area contributed by atoms with Crippen LogP contribution in [-0.2, 0) is 0 Å². The SMILES string of the molecule is c1ccc2c(c1)c1ccccc1c1cc(-c3cc4c5ccccc5n5c6cc(-c7ccc8c9ccccc9c9ccccc9c8c7)cc7c8ccccc8n(c(c3)c45)c76)ccc21. The molecule has 0 bridgehead atoms. The van der Waals surface area contributed by atoms with Crippen molar-refractivity contribution in [2.45, 2.75) is 0 Å². The zero-order valence-corrected chi connectivity index (χ0v) is 33.5. The molecule has 284 valence electrons. The van der Waals surface area contributed by atoms with Crippen molar-refractivity contribution >= 4 is 119 Å². The lowest BCUT2D eigenvalue weighted by atomic mass is 9.91. The summed E-state index contributed by atoms with van der Waals surface area (Å²) in [4.78, 5) is 0. The van der Waals surface area contributed by atoms with Gasteiger partial charge in [-0.3, -0.25) is 0 Å². The zero-order valence-electron chi connectivity index (χ0n) is 33.5. The first kappa shape index (κ1) is 32.6. The summed E-state index contributed by atoms with van der Waals surface area (Å²) in [6, 6.07) is 77.4. The first-order valence-electron chi connectivity index (χ1n) is 21.6. The maximum absolute atomic E-state index is 2.55. The third kappa shape index (κ3) is 4.14. The zero-order chi connectivity index (χ0) is 40.2. The molecule has 0 aliphatic carbocycles. The topological polar surface area (TPSA) is 8.82 Å². The van der Waals surface area contributed by atoms with E-state index in [4.69, 9.17) is 0 Å². The predicted octanol–water partition coefficient (Wildman–Crippen LogP) is 16.5. The molecule has 12 aromatic carbocycles. The van der Waals surface area contributed by atoms with E-state index in [1.54, 1.807) is 0 Å². The minimum Gasteiger partial charge on any atom is -0.305 e. The van der Waals surface area contributed by atoms with Crippen LogP contribution in [-0.4, -0.2) is 8.80 Å². The average molecular weight is 783 g/mol. The molecule has 0 amide bonds. The largest absolute Gasteiger partial charge is 0.305 e. The Bertz CT molecular complexity index is 4090. The summed E-state index contributed by atoms with van der Waals surface area (Å²) in [6.45, 7) is 0. The Hall–Kier alpha value is -8.20. The first-order valence-corrected chi connectivity index (χ1v) is 21.6. The highest BCUT2D eigenvalue weighted by Gasteiger charge is 2.23. The number of hydrogen-bond acceptors (Lipinski definition) is 0. The van der Waals surface area contributed by atoms with E-state index >= 15 is 0 Å². The van der Waals surface area contributed by atoms with Gasteiger partial charge in [0.15, 0.2) is 0 Å². The van der Waals surface area contributed by atoms with Crippen LogP contribution in [0, 0.1) is 0 Å². The average Bonchev–Trinajstić information content (AvgIpc) is 3.87. The molecule has 15 rings (SSSR count). The minimum absolute atomic E-state index is 1.22. The molecule has 0 radical (unpaired) electrons. The van der Waals surface area contributed by atoms with Crippen LogP contribution >= 0.6 is 0 Å². The van der Waals surface area contributed by atoms with Gasteiger partial charge >= 0.3 is 0 Å². The first-order chi connectivity index (χ1) is 30.8. The third-order valence-electron chi connectivity index (χ3n) is 14.1. The molecular formula is C60H34N2. The van der Waals surface area contributed by atoms with E-state index in [0.717, 1.165) is 0 Å². The summed E-state index contributed by atoms with van der Waals surface area (Å²) in [6.07, 6.45) is 0. The molecule has 0 saturated carbocycles. The van der Waals surface area contributed by atoms with Crippen molar-refractivity contribution in [2.24, 2.45) is 0 Å². The van der Waals surface area contributed by atoms with Crippen molar-refractivity contribution in [3.05, 3.63) is 206 Å². The molecule has 0 unspecified atom stereocenters. The molecular weight excluding hydrogens is 749 g/mol. The van der Waals surface area contributed by atoms with Gasteiger partial charge in [-0.05, 0) is 135 Å². The van der Waals surface area contributed by atoms with Crippen LogP contribution in [0.3, 0.4) is 0 Å². The summed E-state index contributed by atoms with van der Waals surface area (Å²) in [5.41, 5.74) is 12.3. The van der Waals surface area contributed by atoms with Gasteiger partial charge in [0.25, 0.3) is 0 Å². The third-order valence-corrected chi connectivity index (χ3v) is 14.1. The van der Waals surface area contributed by atoms with Crippen LogP contribution in [0.5, 0.6) is 0 Å². The van der Waals surface area contributed by atoms with Gasteiger partial charge in [0.1, 0.15) is 0 Å². The second-order valence-electron chi connectivity index (χ2n) is 17.2. The number of nitrogens with zero attached hydrogens (tertiary/aromatic N) is 2. The standard InChI is InChI=1S/C60H34N2/c1-3-17-43-39(13-1)41-15-5-7-19-45(41)51-29-35(25-27-47(43)51)37-31-53-49-21-9-11-23-55(49)62-58-34-38(32-54-50-22-10-12-24-56(50)61(60(54)58)57(33-37)59(53)62)36-26-28-48-44-18-4-2-14-40(44)42-16-6-8-20-46(42)52(48)30-36/h1-34H. The van der Waals surface area contributed by atoms with Crippen molar-refractivity contribution in [3.63, 3.8) is 0 Å². The summed E-state index contributed by atoms with van der Waals surface area (Å²) in [5.74, 6) is 0. The number of fused-ring (bicyclic) bond motifs is 20. The van der Waals surface area contributed by atoms with E-state index in [-0.39, 0.29) is 0 Å². The lowest BCUT2D eigenvalue weighted by molar-refractivity contribution is 1.26. The Morgan fingerprint density at radius 1 is 0.177 bits per heavy atom. The van der Waals surface area contributed by atoms with Gasteiger partial charge in [0, 0.05) is 21.5 Å². The van der Waals surface area contributed by atoms with E-state index in [1.165, 1.54) is 142 Å². The van der Waals surface area contributed by atoms with Crippen molar-refractivity contribution in [1.29, 1.82) is 0 Å². The van der Waals surface area contributed by atoms with Gasteiger partial charge in [-0.1, -0.05) is 158 Å². The van der Waals surface area contributed by atoms with Crippen molar-refractivity contribution in [1.82, 2.24) is 8.80 Å². The smallest absolute Gasteiger partial charge is 0.0783 e. The van der Waals surface area contributed by atoms with Gasteiger partial charge in [0.2, 0.25) is 0 Å². The second-order valence-corrected chi connectivity index (χ2v) is 17.2. The Balaban J connectivity index is 1.05. The molecule has 3 aromatic heterocycles. The van der Waals surface area contributed by atoms with Gasteiger partial charge in [-0.25, -0.2) is 0 Å². The second kappa shape index (κ2) is 11.8. The highest BCUT2D eigenvalue weighted by molar-refractivity contribution is 6.28. The molecule has 2 heteroatoms. The van der Waals surface area contributed by atoms with Gasteiger partial charge in [0.05, 0.1) is 33.1 Å². The quantitative estimate of drug-likeness (QED) is 0.122. The summed E-state index contributed by atoms with van der Waals surface area (Å²) in [7, 11) is 0. The normalized spacial score (nSPS) is 12.5. The molecule has 0 aliphatic rings. The molecule has 0 aliphatic heterocycles. The summed E-state index contributed by atoms with van der Waals surface area (Å²) in [5, 5.41) is 20.6. The fourth-order valence-corrected chi connectivity index (χ4v) is 11.5. The van der Waals surface area contributed by atoms with E-state index < -0.39 is 0 Å². The van der Waals surface area contributed by atoms with Gasteiger partial charge in [-0.15, -0.1) is 0 Å². The molecule has 0 atom stereocenters. The van der Waals surface area contributed by atoms with Crippen LogP contribution in [0.15, 0.2) is 206 Å². The van der Waals surface area contributed by atoms with E-state index in [2.05, 4.69) is 215 Å². The lowest BCUT2D eigenvalue weighted by Gasteiger charge is -2.16. The Morgan fingerprint density at radius 2 is 0.452 bits per heavy atom. The van der Waals surface area contributed by atoms with Crippen LogP contribution in [0.2, 0.25) is 0 Å². The van der Waals surface area contributed by atoms with Gasteiger partial charge in [-0.2, -0.15) is 0 Å². The number of benzene rings is 12. The number of para-hydroxylation sites is 2. The Morgan fingerprint density at radius 3 is 0.806 bits per heavy atom. The summed E-state index contributed by atoms with van der Waals surface area (Å²) < 4.78 is 5.11. The predicted molar refractivity (Wildman–Crippen MR) is 265 cm³/mol. The van der Waals surface area contributed by atoms with Crippen molar-refractivity contribution < 1.29 is 0 Å². The van der Waals surface area contributed by atoms with E-state index in [0.29, 0.717) is 0 Å². The highest BCUT2D eigenvalue weighted by Crippen LogP contribution is 2.46. The molecule has 0 saturated heterocycles. The highest BCUT2D eigenvalue weighted by atomic mass is 15.0. The van der Waals surface area contributed by atoms with Crippen LogP contribution < -0.4 is 0 Å². The minimum atomic E-state index is 1.22. The number of rotatable bonds is 2. The molecule has 15 aromatic rings. The van der Waals surface area contributed by atoms with Gasteiger partial charge < -0.3 is 8.80 Å². The van der Waals surface area contributed by atoms with E-state index in [9.17, 15) is 0 Å². The van der Waals surface area contributed by atoms with Crippen molar-refractivity contribution in [2.75, 3.05) is 0 Å². The molecule has 62 heavy (non-hydrogen) atoms. The molecule has 0 N–H and O–H groups in total. The monoisotopic (exact) mass is 782 g/mol. The maximum Gasteiger partial charge on any atom is 0.0783 e. The van der Waals surface area contributed by atoms with Crippen molar-refractivity contribution in [3.8, 4) is 22.3 Å². The fraction of sp³-hybridized carbons (Fsp3) is 0. The van der Waals surface area contributed by atoms with Crippen LogP contribution in [0.4, 0.5) is 0 Å². The number of aromatic nitrogens is 2. The number of hydrogen-bond donors (Lipinski definition) is 0. The molecule has 0 spiro atoms.